The molecule has 0 radical (unpaired) electrons. The van der Waals surface area contributed by atoms with E-state index in [1.807, 2.05) is 29.2 Å². The van der Waals surface area contributed by atoms with Gasteiger partial charge in [-0.1, -0.05) is 18.6 Å². The standard InChI is InChI=1S/C20H30N4O2.2ClH/c1-23-8-10-24(11-9-23)19(25)13-15-4-2-6-17(12-15)22-20(26)18-7-3-5-16(18)14-21;;/h2,4,6,12,16,18H,3,5,7-11,13-14,21H2,1H3,(H,22,26);2*1H/t16-,18-;;/m1../s1. The van der Waals surface area contributed by atoms with E-state index in [-0.39, 0.29) is 48.5 Å². The molecule has 28 heavy (non-hydrogen) atoms. The third kappa shape index (κ3) is 6.34. The number of nitrogens with one attached hydrogen (secondary N) is 1. The van der Waals surface area contributed by atoms with Crippen LogP contribution in [0.2, 0.25) is 0 Å². The minimum absolute atomic E-state index is 0. The minimum Gasteiger partial charge on any atom is -0.340 e. The van der Waals surface area contributed by atoms with Crippen LogP contribution in [0.3, 0.4) is 0 Å². The molecule has 2 atom stereocenters. The van der Waals surface area contributed by atoms with Gasteiger partial charge in [0.05, 0.1) is 6.42 Å². The van der Waals surface area contributed by atoms with Gasteiger partial charge in [0.1, 0.15) is 0 Å². The van der Waals surface area contributed by atoms with E-state index in [1.165, 1.54) is 0 Å². The van der Waals surface area contributed by atoms with Crippen LogP contribution in [-0.2, 0) is 16.0 Å². The van der Waals surface area contributed by atoms with E-state index in [2.05, 4.69) is 17.3 Å². The molecule has 0 aromatic heterocycles. The fourth-order valence-corrected chi connectivity index (χ4v) is 4.00. The van der Waals surface area contributed by atoms with Gasteiger partial charge >= 0.3 is 0 Å². The highest BCUT2D eigenvalue weighted by Gasteiger charge is 2.31. The van der Waals surface area contributed by atoms with Crippen LogP contribution in [-0.4, -0.2) is 61.4 Å². The summed E-state index contributed by atoms with van der Waals surface area (Å²) in [5, 5.41) is 3.02. The summed E-state index contributed by atoms with van der Waals surface area (Å²) in [7, 11) is 2.08. The number of likely N-dealkylation sites (N-methyl/N-ethyl adjacent to an activating group) is 1. The molecule has 1 aromatic carbocycles. The Morgan fingerprint density at radius 1 is 1.14 bits per heavy atom. The molecule has 3 rings (SSSR count). The van der Waals surface area contributed by atoms with Crippen molar-refractivity contribution in [3.63, 3.8) is 0 Å². The van der Waals surface area contributed by atoms with Crippen LogP contribution in [0.4, 0.5) is 5.69 Å². The Hall–Kier alpha value is -1.34. The number of halogens is 2. The lowest BCUT2D eigenvalue weighted by Crippen LogP contribution is -2.47. The summed E-state index contributed by atoms with van der Waals surface area (Å²) in [6, 6.07) is 7.64. The van der Waals surface area contributed by atoms with Crippen molar-refractivity contribution in [2.24, 2.45) is 17.6 Å². The van der Waals surface area contributed by atoms with E-state index < -0.39 is 0 Å². The quantitative estimate of drug-likeness (QED) is 0.749. The van der Waals surface area contributed by atoms with Gasteiger partial charge in [-0.15, -0.1) is 24.8 Å². The first-order chi connectivity index (χ1) is 12.6. The lowest BCUT2D eigenvalue weighted by molar-refractivity contribution is -0.132. The molecule has 8 heteroatoms. The lowest BCUT2D eigenvalue weighted by atomic mass is 9.95. The van der Waals surface area contributed by atoms with Gasteiger partial charge in [-0.3, -0.25) is 9.59 Å². The first kappa shape index (κ1) is 24.7. The molecule has 3 N–H and O–H groups in total. The number of piperazine rings is 1. The average Bonchev–Trinajstić information content (AvgIpc) is 3.11. The van der Waals surface area contributed by atoms with E-state index in [0.717, 1.165) is 56.7 Å². The third-order valence-electron chi connectivity index (χ3n) is 5.70. The molecule has 2 amide bonds. The van der Waals surface area contributed by atoms with Gasteiger partial charge in [0.15, 0.2) is 0 Å². The molecule has 6 nitrogen and oxygen atoms in total. The van der Waals surface area contributed by atoms with Crippen LogP contribution in [0.15, 0.2) is 24.3 Å². The second-order valence-electron chi connectivity index (χ2n) is 7.58. The van der Waals surface area contributed by atoms with Gasteiger partial charge in [0.2, 0.25) is 11.8 Å². The smallest absolute Gasteiger partial charge is 0.227 e. The number of nitrogens with zero attached hydrogens (tertiary/aromatic N) is 2. The molecule has 1 saturated carbocycles. The van der Waals surface area contributed by atoms with Crippen molar-refractivity contribution >= 4 is 42.3 Å². The predicted octanol–water partition coefficient (Wildman–Crippen LogP) is 2.16. The molecular formula is C20H32Cl2N4O2. The number of nitrogens with two attached hydrogens (primary N) is 1. The number of carbonyl (C=O) groups excluding carboxylic acids is 2. The van der Waals surface area contributed by atoms with Crippen molar-refractivity contribution < 1.29 is 9.59 Å². The Labute approximate surface area is 180 Å². The van der Waals surface area contributed by atoms with Crippen molar-refractivity contribution in [2.45, 2.75) is 25.7 Å². The van der Waals surface area contributed by atoms with Crippen molar-refractivity contribution in [3.8, 4) is 0 Å². The van der Waals surface area contributed by atoms with Crippen LogP contribution < -0.4 is 11.1 Å². The third-order valence-corrected chi connectivity index (χ3v) is 5.70. The largest absolute Gasteiger partial charge is 0.340 e. The second-order valence-corrected chi connectivity index (χ2v) is 7.58. The summed E-state index contributed by atoms with van der Waals surface area (Å²) in [4.78, 5) is 29.2. The Kier molecular flexibility index (Phi) is 10.2. The summed E-state index contributed by atoms with van der Waals surface area (Å²) < 4.78 is 0. The van der Waals surface area contributed by atoms with Gasteiger partial charge < -0.3 is 20.9 Å². The SMILES string of the molecule is CN1CCN(C(=O)Cc2cccc(NC(=O)[C@@H]3CCC[C@@H]3CN)c2)CC1.Cl.Cl. The summed E-state index contributed by atoms with van der Waals surface area (Å²) in [5.74, 6) is 0.508. The molecule has 2 aliphatic rings. The molecular weight excluding hydrogens is 399 g/mol. The molecule has 1 aliphatic heterocycles. The van der Waals surface area contributed by atoms with Crippen molar-refractivity contribution in [1.82, 2.24) is 9.80 Å². The van der Waals surface area contributed by atoms with E-state index >= 15 is 0 Å². The topological polar surface area (TPSA) is 78.7 Å². The molecule has 2 fully saturated rings. The zero-order chi connectivity index (χ0) is 18.5. The highest BCUT2D eigenvalue weighted by molar-refractivity contribution is 5.93. The summed E-state index contributed by atoms with van der Waals surface area (Å²) in [6.07, 6.45) is 3.39. The van der Waals surface area contributed by atoms with Crippen molar-refractivity contribution in [3.05, 3.63) is 29.8 Å². The predicted molar refractivity (Wildman–Crippen MR) is 117 cm³/mol. The van der Waals surface area contributed by atoms with Gasteiger partial charge in [0, 0.05) is 37.8 Å². The summed E-state index contributed by atoms with van der Waals surface area (Å²) in [6.45, 7) is 3.98. The number of carbonyl (C=O) groups is 2. The van der Waals surface area contributed by atoms with Crippen molar-refractivity contribution in [2.75, 3.05) is 45.1 Å². The van der Waals surface area contributed by atoms with Crippen LogP contribution in [0.1, 0.15) is 24.8 Å². The van der Waals surface area contributed by atoms with E-state index in [4.69, 9.17) is 5.73 Å². The molecule has 0 unspecified atom stereocenters. The number of hydrogen-bond donors (Lipinski definition) is 2. The number of anilines is 1. The molecule has 1 aliphatic carbocycles. The van der Waals surface area contributed by atoms with Crippen LogP contribution in [0.25, 0.3) is 0 Å². The zero-order valence-electron chi connectivity index (χ0n) is 16.4. The number of benzene rings is 1. The summed E-state index contributed by atoms with van der Waals surface area (Å²) in [5.41, 5.74) is 7.49. The Morgan fingerprint density at radius 2 is 1.86 bits per heavy atom. The first-order valence-corrected chi connectivity index (χ1v) is 9.63. The maximum absolute atomic E-state index is 12.5. The van der Waals surface area contributed by atoms with Crippen LogP contribution in [0, 0.1) is 11.8 Å². The summed E-state index contributed by atoms with van der Waals surface area (Å²) >= 11 is 0. The maximum atomic E-state index is 12.5. The van der Waals surface area contributed by atoms with Gasteiger partial charge in [-0.2, -0.15) is 0 Å². The Balaban J connectivity index is 0.00000196. The maximum Gasteiger partial charge on any atom is 0.227 e. The molecule has 1 heterocycles. The van der Waals surface area contributed by atoms with Crippen LogP contribution >= 0.6 is 24.8 Å². The number of rotatable bonds is 5. The molecule has 1 saturated heterocycles. The molecule has 0 spiro atoms. The van der Waals surface area contributed by atoms with E-state index in [1.54, 1.807) is 0 Å². The fraction of sp³-hybridized carbons (Fsp3) is 0.600. The highest BCUT2D eigenvalue weighted by Crippen LogP contribution is 2.31. The number of amides is 2. The van der Waals surface area contributed by atoms with Gasteiger partial charge in [0.25, 0.3) is 0 Å². The molecule has 0 bridgehead atoms. The van der Waals surface area contributed by atoms with Gasteiger partial charge in [-0.05, 0) is 50.0 Å². The first-order valence-electron chi connectivity index (χ1n) is 9.63. The van der Waals surface area contributed by atoms with Crippen molar-refractivity contribution in [1.29, 1.82) is 0 Å². The molecule has 1 aromatic rings. The monoisotopic (exact) mass is 430 g/mol. The fourth-order valence-electron chi connectivity index (χ4n) is 4.00. The highest BCUT2D eigenvalue weighted by atomic mass is 35.5. The second kappa shape index (κ2) is 11.6. The van der Waals surface area contributed by atoms with E-state index in [0.29, 0.717) is 13.0 Å². The van der Waals surface area contributed by atoms with Crippen LogP contribution in [0.5, 0.6) is 0 Å². The lowest BCUT2D eigenvalue weighted by Gasteiger charge is -2.32. The zero-order valence-corrected chi connectivity index (χ0v) is 18.1. The Morgan fingerprint density at radius 3 is 2.54 bits per heavy atom. The molecule has 158 valence electrons. The number of hydrogen-bond acceptors (Lipinski definition) is 4. The average molecular weight is 431 g/mol. The van der Waals surface area contributed by atoms with Gasteiger partial charge in [-0.25, -0.2) is 0 Å². The van der Waals surface area contributed by atoms with E-state index in [9.17, 15) is 9.59 Å². The minimum atomic E-state index is 0. The normalized spacial score (nSPS) is 22.1. The Bertz CT molecular complexity index is 651.